The maximum atomic E-state index is 6.55. The normalized spacial score (nSPS) is 11.8. The molecule has 5 nitrogen and oxygen atoms in total. The van der Waals surface area contributed by atoms with E-state index in [1.165, 1.54) is 19.5 Å². The third kappa shape index (κ3) is 5.04. The number of furan rings is 1. The van der Waals surface area contributed by atoms with E-state index in [2.05, 4.69) is 109 Å². The van der Waals surface area contributed by atoms with Gasteiger partial charge in [0.25, 0.3) is 0 Å². The first-order chi connectivity index (χ1) is 26.2. The van der Waals surface area contributed by atoms with Gasteiger partial charge in [-0.2, -0.15) is 0 Å². The molecule has 0 N–H and O–H groups in total. The number of rotatable bonds is 5. The summed E-state index contributed by atoms with van der Waals surface area (Å²) >= 11 is 3.51. The van der Waals surface area contributed by atoms with Crippen LogP contribution < -0.4 is 0 Å². The van der Waals surface area contributed by atoms with Crippen LogP contribution in [0.5, 0.6) is 0 Å². The van der Waals surface area contributed by atoms with Crippen LogP contribution in [0.1, 0.15) is 0 Å². The van der Waals surface area contributed by atoms with Crippen molar-refractivity contribution < 1.29 is 4.42 Å². The Morgan fingerprint density at radius 3 is 1.87 bits per heavy atom. The molecule has 0 saturated carbocycles. The summed E-state index contributed by atoms with van der Waals surface area (Å²) in [6.45, 7) is 0. The third-order valence-electron chi connectivity index (χ3n) is 9.81. The van der Waals surface area contributed by atoms with E-state index >= 15 is 0 Å². The van der Waals surface area contributed by atoms with Gasteiger partial charge in [-0.25, -0.2) is 19.9 Å². The fraction of sp³-hybridized carbons (Fsp3) is 0. The van der Waals surface area contributed by atoms with Crippen LogP contribution in [0.4, 0.5) is 0 Å². The zero-order chi connectivity index (χ0) is 34.9. The number of hydrogen-bond acceptors (Lipinski definition) is 7. The number of thiophene rings is 1. The molecule has 11 rings (SSSR count). The summed E-state index contributed by atoms with van der Waals surface area (Å²) in [5.74, 6) is 1.88. The highest BCUT2D eigenvalue weighted by Gasteiger charge is 2.20. The van der Waals surface area contributed by atoms with E-state index in [0.717, 1.165) is 71.2 Å². The quantitative estimate of drug-likeness (QED) is 0.178. The minimum atomic E-state index is 0.605. The van der Waals surface area contributed by atoms with E-state index in [0.29, 0.717) is 17.5 Å². The lowest BCUT2D eigenvalue weighted by atomic mass is 10.0. The molecule has 7 heteroatoms. The lowest BCUT2D eigenvalue weighted by molar-refractivity contribution is 0.669. The molecule has 4 heterocycles. The highest BCUT2D eigenvalue weighted by atomic mass is 32.1. The second-order valence-electron chi connectivity index (χ2n) is 13.0. The molecule has 0 bridgehead atoms. The van der Waals surface area contributed by atoms with Gasteiger partial charge in [-0.3, -0.25) is 0 Å². The van der Waals surface area contributed by atoms with Crippen LogP contribution in [-0.4, -0.2) is 19.9 Å². The summed E-state index contributed by atoms with van der Waals surface area (Å²) in [6, 6.07) is 54.5. The zero-order valence-corrected chi connectivity index (χ0v) is 29.7. The van der Waals surface area contributed by atoms with Crippen molar-refractivity contribution in [2.45, 2.75) is 0 Å². The Morgan fingerprint density at radius 1 is 0.377 bits per heavy atom. The van der Waals surface area contributed by atoms with Gasteiger partial charge in [-0.15, -0.1) is 22.7 Å². The molecule has 4 aromatic heterocycles. The van der Waals surface area contributed by atoms with Crippen molar-refractivity contribution in [3.05, 3.63) is 158 Å². The number of thiazole rings is 1. The zero-order valence-electron chi connectivity index (χ0n) is 28.0. The largest absolute Gasteiger partial charge is 0.456 e. The molecule has 0 radical (unpaired) electrons. The first-order valence-electron chi connectivity index (χ1n) is 17.4. The molecule has 0 spiro atoms. The van der Waals surface area contributed by atoms with E-state index in [9.17, 15) is 0 Å². The standard InChI is InChI=1S/C46H26N4OS2/c1-2-10-28(11-3-1)43-48-44(50-45(49-43)34-14-9-19-40-42(34)32-12-4-6-17-38(32)52-40)33-13-8-16-36-41(33)31-25-24-30(26-37(31)51-36)27-20-22-29(23-21-27)46-47-35-15-5-7-18-39(35)53-46/h1-26H. The van der Waals surface area contributed by atoms with Gasteiger partial charge in [0.05, 0.1) is 10.2 Å². The summed E-state index contributed by atoms with van der Waals surface area (Å²) < 4.78 is 10.2. The molecule has 11 aromatic rings. The molecule has 7 aromatic carbocycles. The molecule has 0 amide bonds. The maximum Gasteiger partial charge on any atom is 0.164 e. The van der Waals surface area contributed by atoms with Gasteiger partial charge in [0.1, 0.15) is 16.2 Å². The highest BCUT2D eigenvalue weighted by Crippen LogP contribution is 2.42. The minimum Gasteiger partial charge on any atom is -0.456 e. The predicted octanol–water partition coefficient (Wildman–Crippen LogP) is 13.1. The number of nitrogens with zero attached hydrogens (tertiary/aromatic N) is 4. The van der Waals surface area contributed by atoms with Gasteiger partial charge >= 0.3 is 0 Å². The number of hydrogen-bond donors (Lipinski definition) is 0. The van der Waals surface area contributed by atoms with Crippen molar-refractivity contribution in [3.63, 3.8) is 0 Å². The van der Waals surface area contributed by atoms with Crippen LogP contribution in [0.25, 0.3) is 108 Å². The molecule has 0 aliphatic rings. The lowest BCUT2D eigenvalue weighted by Crippen LogP contribution is -2.00. The van der Waals surface area contributed by atoms with Crippen molar-refractivity contribution in [2.24, 2.45) is 0 Å². The van der Waals surface area contributed by atoms with E-state index in [4.69, 9.17) is 24.4 Å². The number of benzene rings is 7. The Bertz CT molecular complexity index is 3150. The molecule has 0 unspecified atom stereocenters. The Balaban J connectivity index is 1.04. The Hall–Kier alpha value is -6.54. The van der Waals surface area contributed by atoms with Crippen LogP contribution >= 0.6 is 22.7 Å². The van der Waals surface area contributed by atoms with Crippen molar-refractivity contribution in [1.29, 1.82) is 0 Å². The highest BCUT2D eigenvalue weighted by molar-refractivity contribution is 7.26. The Labute approximate surface area is 311 Å². The average molecular weight is 715 g/mol. The molecule has 0 aliphatic carbocycles. The number of para-hydroxylation sites is 1. The maximum absolute atomic E-state index is 6.55. The monoisotopic (exact) mass is 714 g/mol. The Kier molecular flexibility index (Phi) is 6.83. The smallest absolute Gasteiger partial charge is 0.164 e. The average Bonchev–Trinajstić information content (AvgIpc) is 3.94. The van der Waals surface area contributed by atoms with Crippen LogP contribution in [0, 0.1) is 0 Å². The van der Waals surface area contributed by atoms with Gasteiger partial charge in [0.15, 0.2) is 17.5 Å². The van der Waals surface area contributed by atoms with Crippen LogP contribution in [0.3, 0.4) is 0 Å². The van der Waals surface area contributed by atoms with Crippen molar-refractivity contribution >= 4 is 75.0 Å². The summed E-state index contributed by atoms with van der Waals surface area (Å²) in [4.78, 5) is 20.3. The van der Waals surface area contributed by atoms with Crippen molar-refractivity contribution in [1.82, 2.24) is 19.9 Å². The molecule has 0 atom stereocenters. The van der Waals surface area contributed by atoms with Crippen LogP contribution in [0.15, 0.2) is 162 Å². The molecule has 0 saturated heterocycles. The molecule has 0 fully saturated rings. The Morgan fingerprint density at radius 2 is 1.04 bits per heavy atom. The molecular weight excluding hydrogens is 689 g/mol. The number of fused-ring (bicyclic) bond motifs is 7. The van der Waals surface area contributed by atoms with E-state index < -0.39 is 0 Å². The molecule has 53 heavy (non-hydrogen) atoms. The van der Waals surface area contributed by atoms with Crippen LogP contribution in [-0.2, 0) is 0 Å². The summed E-state index contributed by atoms with van der Waals surface area (Å²) in [5, 5.41) is 5.39. The molecule has 248 valence electrons. The summed E-state index contributed by atoms with van der Waals surface area (Å²) in [7, 11) is 0. The molecule has 0 aliphatic heterocycles. The SMILES string of the molecule is c1ccc(-c2nc(-c3cccc4oc5cc(-c6ccc(-c7nc8ccccc8s7)cc6)ccc5c34)nc(-c3cccc4sc5ccccc5c34)n2)cc1. The third-order valence-corrected chi connectivity index (χ3v) is 12.0. The minimum absolute atomic E-state index is 0.605. The van der Waals surface area contributed by atoms with Gasteiger partial charge in [0, 0.05) is 53.2 Å². The van der Waals surface area contributed by atoms with Crippen molar-refractivity contribution in [3.8, 4) is 55.9 Å². The lowest BCUT2D eigenvalue weighted by Gasteiger charge is -2.10. The fourth-order valence-corrected chi connectivity index (χ4v) is 9.39. The topological polar surface area (TPSA) is 64.7 Å². The first-order valence-corrected chi connectivity index (χ1v) is 19.0. The summed E-state index contributed by atoms with van der Waals surface area (Å²) in [5.41, 5.74) is 8.76. The second-order valence-corrected chi connectivity index (χ2v) is 15.1. The van der Waals surface area contributed by atoms with E-state index in [1.54, 1.807) is 22.7 Å². The van der Waals surface area contributed by atoms with E-state index in [1.807, 2.05) is 48.5 Å². The van der Waals surface area contributed by atoms with E-state index in [-0.39, 0.29) is 0 Å². The van der Waals surface area contributed by atoms with Gasteiger partial charge in [0.2, 0.25) is 0 Å². The fourth-order valence-electron chi connectivity index (χ4n) is 7.29. The van der Waals surface area contributed by atoms with Crippen molar-refractivity contribution in [2.75, 3.05) is 0 Å². The van der Waals surface area contributed by atoms with Gasteiger partial charge < -0.3 is 4.42 Å². The van der Waals surface area contributed by atoms with Crippen LogP contribution in [0.2, 0.25) is 0 Å². The predicted molar refractivity (Wildman–Crippen MR) is 220 cm³/mol. The van der Waals surface area contributed by atoms with Gasteiger partial charge in [-0.05, 0) is 53.6 Å². The number of aromatic nitrogens is 4. The second kappa shape index (κ2) is 12.0. The molecular formula is C46H26N4OS2. The summed E-state index contributed by atoms with van der Waals surface area (Å²) in [6.07, 6.45) is 0. The van der Waals surface area contributed by atoms with Gasteiger partial charge in [-0.1, -0.05) is 115 Å². The first kappa shape index (κ1) is 30.1.